The number of hydrogen-bond donors (Lipinski definition) is 2. The van der Waals surface area contributed by atoms with Crippen molar-refractivity contribution in [3.63, 3.8) is 0 Å². The lowest BCUT2D eigenvalue weighted by molar-refractivity contribution is -0.185. The smallest absolute Gasteiger partial charge is 0.420 e. The SMILES string of the molecule is CC(N[C@@H]1C[C@H](C(=O)O)C1(C)C)c1ccc2ccc(OC3CCC(C(F)(F)F)CC3)c(C(F)(F)F)c2c1. The van der Waals surface area contributed by atoms with Crippen molar-refractivity contribution >= 4 is 16.7 Å². The zero-order valence-corrected chi connectivity index (χ0v) is 20.8. The third kappa shape index (κ3) is 5.54. The molecular formula is C27H31F6NO3. The van der Waals surface area contributed by atoms with Crippen molar-refractivity contribution in [3.05, 3.63) is 41.5 Å². The highest BCUT2D eigenvalue weighted by Gasteiger charge is 2.52. The van der Waals surface area contributed by atoms with Gasteiger partial charge in [0.15, 0.2) is 0 Å². The van der Waals surface area contributed by atoms with Gasteiger partial charge in [0, 0.05) is 12.1 Å². The van der Waals surface area contributed by atoms with E-state index in [2.05, 4.69) is 5.32 Å². The van der Waals surface area contributed by atoms with E-state index in [1.807, 2.05) is 20.8 Å². The largest absolute Gasteiger partial charge is 0.490 e. The summed E-state index contributed by atoms with van der Waals surface area (Å²) in [6.07, 6.45) is -9.60. The van der Waals surface area contributed by atoms with Gasteiger partial charge in [0.2, 0.25) is 0 Å². The number of carboxylic acids is 1. The fourth-order valence-electron chi connectivity index (χ4n) is 5.69. The van der Waals surface area contributed by atoms with Crippen LogP contribution < -0.4 is 10.1 Å². The number of benzene rings is 2. The van der Waals surface area contributed by atoms with Crippen molar-refractivity contribution in [1.82, 2.24) is 5.32 Å². The van der Waals surface area contributed by atoms with Gasteiger partial charge in [0.05, 0.1) is 17.9 Å². The van der Waals surface area contributed by atoms with Crippen LogP contribution in [0.5, 0.6) is 5.75 Å². The van der Waals surface area contributed by atoms with E-state index >= 15 is 0 Å². The van der Waals surface area contributed by atoms with Gasteiger partial charge >= 0.3 is 18.3 Å². The molecule has 0 saturated heterocycles. The molecule has 0 spiro atoms. The van der Waals surface area contributed by atoms with Crippen LogP contribution in [0.3, 0.4) is 0 Å². The molecule has 2 fully saturated rings. The fourth-order valence-corrected chi connectivity index (χ4v) is 5.69. The van der Waals surface area contributed by atoms with Gasteiger partial charge in [-0.05, 0) is 72.9 Å². The molecule has 10 heteroatoms. The van der Waals surface area contributed by atoms with Crippen molar-refractivity contribution in [2.75, 3.05) is 0 Å². The Bertz CT molecular complexity index is 1150. The predicted octanol–water partition coefficient (Wildman–Crippen LogP) is 7.51. The summed E-state index contributed by atoms with van der Waals surface area (Å²) < 4.78 is 87.4. The first-order valence-corrected chi connectivity index (χ1v) is 12.4. The Hall–Kier alpha value is -2.49. The molecule has 2 aliphatic rings. The van der Waals surface area contributed by atoms with E-state index in [0.29, 0.717) is 17.4 Å². The molecule has 2 N–H and O–H groups in total. The Labute approximate surface area is 211 Å². The van der Waals surface area contributed by atoms with Crippen molar-refractivity contribution in [2.45, 2.75) is 83.4 Å². The van der Waals surface area contributed by atoms with E-state index in [0.717, 1.165) is 0 Å². The van der Waals surface area contributed by atoms with E-state index in [9.17, 15) is 36.2 Å². The summed E-state index contributed by atoms with van der Waals surface area (Å²) in [5.74, 6) is -3.18. The monoisotopic (exact) mass is 531 g/mol. The minimum Gasteiger partial charge on any atom is -0.490 e. The van der Waals surface area contributed by atoms with Gasteiger partial charge in [-0.25, -0.2) is 0 Å². The Balaban J connectivity index is 1.58. The summed E-state index contributed by atoms with van der Waals surface area (Å²) in [7, 11) is 0. The third-order valence-corrected chi connectivity index (χ3v) is 8.24. The highest BCUT2D eigenvalue weighted by atomic mass is 19.4. The lowest BCUT2D eigenvalue weighted by atomic mass is 9.58. The van der Waals surface area contributed by atoms with Gasteiger partial charge in [-0.1, -0.05) is 32.0 Å². The molecule has 4 nitrogen and oxygen atoms in total. The molecule has 0 aliphatic heterocycles. The molecule has 4 rings (SSSR count). The quantitative estimate of drug-likeness (QED) is 0.379. The lowest BCUT2D eigenvalue weighted by Crippen LogP contribution is -2.59. The lowest BCUT2D eigenvalue weighted by Gasteiger charge is -2.51. The van der Waals surface area contributed by atoms with E-state index in [4.69, 9.17) is 4.74 Å². The maximum absolute atomic E-state index is 14.3. The van der Waals surface area contributed by atoms with Crippen LogP contribution >= 0.6 is 0 Å². The molecule has 2 saturated carbocycles. The Morgan fingerprint density at radius 2 is 1.68 bits per heavy atom. The number of carboxylic acid groups (broad SMARTS) is 1. The van der Waals surface area contributed by atoms with Gasteiger partial charge in [-0.15, -0.1) is 0 Å². The highest BCUT2D eigenvalue weighted by molar-refractivity contribution is 5.89. The van der Waals surface area contributed by atoms with Crippen molar-refractivity contribution in [2.24, 2.45) is 17.3 Å². The number of aliphatic carboxylic acids is 1. The molecule has 0 aromatic heterocycles. The fraction of sp³-hybridized carbons (Fsp3) is 0.593. The average molecular weight is 532 g/mol. The number of hydrogen-bond acceptors (Lipinski definition) is 3. The maximum Gasteiger partial charge on any atom is 0.420 e. The number of alkyl halides is 6. The van der Waals surface area contributed by atoms with Gasteiger partial charge in [0.25, 0.3) is 0 Å². The third-order valence-electron chi connectivity index (χ3n) is 8.24. The van der Waals surface area contributed by atoms with E-state index in [1.54, 1.807) is 12.1 Å². The zero-order chi connectivity index (χ0) is 27.3. The topological polar surface area (TPSA) is 58.6 Å². The summed E-state index contributed by atoms with van der Waals surface area (Å²) in [5.41, 5.74) is -0.831. The molecule has 204 valence electrons. The van der Waals surface area contributed by atoms with Gasteiger partial charge in [0.1, 0.15) is 11.3 Å². The molecule has 0 amide bonds. The number of fused-ring (bicyclic) bond motifs is 1. The van der Waals surface area contributed by atoms with E-state index in [1.165, 1.54) is 18.2 Å². The van der Waals surface area contributed by atoms with Gasteiger partial charge < -0.3 is 15.2 Å². The van der Waals surface area contributed by atoms with Crippen molar-refractivity contribution in [3.8, 4) is 5.75 Å². The van der Waals surface area contributed by atoms with Crippen LogP contribution in [0, 0.1) is 17.3 Å². The van der Waals surface area contributed by atoms with Gasteiger partial charge in [-0.3, -0.25) is 4.79 Å². The molecule has 2 aromatic carbocycles. The Morgan fingerprint density at radius 1 is 1.05 bits per heavy atom. The summed E-state index contributed by atoms with van der Waals surface area (Å²) in [5, 5.41) is 13.0. The highest BCUT2D eigenvalue weighted by Crippen LogP contribution is 2.48. The Morgan fingerprint density at radius 3 is 2.22 bits per heavy atom. The van der Waals surface area contributed by atoms with E-state index in [-0.39, 0.29) is 48.9 Å². The molecule has 0 bridgehead atoms. The number of ether oxygens (including phenoxy) is 1. The first kappa shape index (κ1) is 27.5. The van der Waals surface area contributed by atoms with Crippen LogP contribution in [-0.2, 0) is 11.0 Å². The molecule has 1 unspecified atom stereocenters. The molecule has 2 aromatic rings. The second kappa shape index (κ2) is 9.67. The van der Waals surface area contributed by atoms with E-state index < -0.39 is 47.2 Å². The second-order valence-electron chi connectivity index (χ2n) is 10.9. The zero-order valence-electron chi connectivity index (χ0n) is 20.8. The molecule has 3 atom stereocenters. The van der Waals surface area contributed by atoms with Crippen LogP contribution in [0.15, 0.2) is 30.3 Å². The summed E-state index contributed by atoms with van der Waals surface area (Å²) in [6, 6.07) is 7.11. The van der Waals surface area contributed by atoms with Crippen molar-refractivity contribution in [1.29, 1.82) is 0 Å². The minimum atomic E-state index is -4.74. The molecular weight excluding hydrogens is 500 g/mol. The van der Waals surface area contributed by atoms with Crippen molar-refractivity contribution < 1.29 is 41.0 Å². The van der Waals surface area contributed by atoms with Crippen LogP contribution in [-0.4, -0.2) is 29.4 Å². The second-order valence-corrected chi connectivity index (χ2v) is 10.9. The molecule has 0 heterocycles. The van der Waals surface area contributed by atoms with Crippen LogP contribution in [0.25, 0.3) is 10.8 Å². The number of nitrogens with one attached hydrogen (secondary N) is 1. The first-order chi connectivity index (χ1) is 17.1. The normalized spacial score (nSPS) is 26.9. The summed E-state index contributed by atoms with van der Waals surface area (Å²) in [4.78, 5) is 11.4. The molecule has 0 radical (unpaired) electrons. The summed E-state index contributed by atoms with van der Waals surface area (Å²) in [6.45, 7) is 5.53. The number of halogens is 6. The number of carbonyl (C=O) groups is 1. The maximum atomic E-state index is 14.3. The van der Waals surface area contributed by atoms with Crippen LogP contribution in [0.2, 0.25) is 0 Å². The first-order valence-electron chi connectivity index (χ1n) is 12.4. The number of rotatable bonds is 6. The van der Waals surface area contributed by atoms with Gasteiger partial charge in [-0.2, -0.15) is 26.3 Å². The molecule has 2 aliphatic carbocycles. The Kier molecular flexibility index (Phi) is 7.20. The molecule has 37 heavy (non-hydrogen) atoms. The summed E-state index contributed by atoms with van der Waals surface area (Å²) >= 11 is 0. The average Bonchev–Trinajstić information content (AvgIpc) is 2.79. The predicted molar refractivity (Wildman–Crippen MR) is 126 cm³/mol. The minimum absolute atomic E-state index is 0.0367. The standard InChI is InChI=1S/C27H31F6NO3/c1-14(34-22-13-20(24(35)36)25(22,2)3)16-5-4-15-6-11-21(23(19(15)12-16)27(31,32)33)37-18-9-7-17(8-10-18)26(28,29)30/h4-6,11-12,14,17-18,20,22,34H,7-10,13H2,1-3H3,(H,35,36)/t14?,17?,18?,20-,22-/m1/s1. The van der Waals surface area contributed by atoms with Crippen LogP contribution in [0.1, 0.15) is 70.0 Å². The van der Waals surface area contributed by atoms with Crippen LogP contribution in [0.4, 0.5) is 26.3 Å².